The van der Waals surface area contributed by atoms with Crippen LogP contribution in [0.1, 0.15) is 0 Å². The van der Waals surface area contributed by atoms with Crippen molar-refractivity contribution in [3.8, 4) is 0 Å². The van der Waals surface area contributed by atoms with Gasteiger partial charge >= 0.3 is 0 Å². The van der Waals surface area contributed by atoms with Gasteiger partial charge in [-0.2, -0.15) is 0 Å². The second kappa shape index (κ2) is 4.23. The summed E-state index contributed by atoms with van der Waals surface area (Å²) in [4.78, 5) is 0. The van der Waals surface area contributed by atoms with E-state index in [1.54, 1.807) is 18.2 Å². The van der Waals surface area contributed by atoms with Crippen molar-refractivity contribution >= 4 is 39.8 Å². The highest BCUT2D eigenvalue weighted by Gasteiger charge is 2.07. The number of hydrogen-bond donors (Lipinski definition) is 2. The molecule has 0 unspecified atom stereocenters. The Kier molecular flexibility index (Phi) is 2.57. The van der Waals surface area contributed by atoms with Gasteiger partial charge in [-0.3, -0.25) is 0 Å². The number of fused-ring (bicyclic) bond motifs is 1. The summed E-state index contributed by atoms with van der Waals surface area (Å²) < 4.78 is 5.20. The molecule has 0 atom stereocenters. The fourth-order valence-electron chi connectivity index (χ4n) is 1.80. The predicted molar refractivity (Wildman–Crippen MR) is 73.2 cm³/mol. The van der Waals surface area contributed by atoms with Crippen LogP contribution >= 0.6 is 11.6 Å². The first-order chi connectivity index (χ1) is 8.72. The molecule has 0 aliphatic rings. The number of anilines is 3. The van der Waals surface area contributed by atoms with Crippen LogP contribution in [0.5, 0.6) is 0 Å². The minimum Gasteiger partial charge on any atom is -0.399 e. The van der Waals surface area contributed by atoms with Crippen LogP contribution in [0.3, 0.4) is 0 Å². The average molecular weight is 260 g/mol. The highest BCUT2D eigenvalue weighted by atomic mass is 35.5. The summed E-state index contributed by atoms with van der Waals surface area (Å²) in [5.74, 6) is 0.646. The van der Waals surface area contributed by atoms with E-state index in [4.69, 9.17) is 21.9 Å². The standard InChI is InChI=1S/C13H10ClN3O/c14-8-5-9(15)7-10(6-8)16-13-11-3-1-2-4-12(11)18-17-13/h1-7H,15H2,(H,16,17). The minimum atomic E-state index is 0.574. The Morgan fingerprint density at radius 3 is 2.83 bits per heavy atom. The van der Waals surface area contributed by atoms with E-state index in [0.717, 1.165) is 16.7 Å². The van der Waals surface area contributed by atoms with E-state index >= 15 is 0 Å². The fraction of sp³-hybridized carbons (Fsp3) is 0. The third kappa shape index (κ3) is 1.98. The molecule has 18 heavy (non-hydrogen) atoms. The summed E-state index contributed by atoms with van der Waals surface area (Å²) in [6.45, 7) is 0. The van der Waals surface area contributed by atoms with Crippen molar-refractivity contribution < 1.29 is 4.52 Å². The van der Waals surface area contributed by atoms with Crippen molar-refractivity contribution in [2.45, 2.75) is 0 Å². The van der Waals surface area contributed by atoms with Gasteiger partial charge < -0.3 is 15.6 Å². The van der Waals surface area contributed by atoms with Crippen molar-refractivity contribution in [3.63, 3.8) is 0 Å². The third-order valence-electron chi connectivity index (χ3n) is 2.56. The number of hydrogen-bond acceptors (Lipinski definition) is 4. The molecule has 0 spiro atoms. The van der Waals surface area contributed by atoms with Crippen LogP contribution in [0, 0.1) is 0 Å². The third-order valence-corrected chi connectivity index (χ3v) is 2.78. The van der Waals surface area contributed by atoms with Crippen LogP contribution in [-0.4, -0.2) is 5.16 Å². The molecule has 0 radical (unpaired) electrons. The molecule has 0 bridgehead atoms. The van der Waals surface area contributed by atoms with Crippen LogP contribution in [0.2, 0.25) is 5.02 Å². The molecule has 0 saturated heterocycles. The Morgan fingerprint density at radius 1 is 1.17 bits per heavy atom. The van der Waals surface area contributed by atoms with E-state index in [2.05, 4.69) is 10.5 Å². The van der Waals surface area contributed by atoms with Gasteiger partial charge in [0.05, 0.1) is 5.39 Å². The average Bonchev–Trinajstić information content (AvgIpc) is 2.72. The van der Waals surface area contributed by atoms with E-state index in [-0.39, 0.29) is 0 Å². The number of aromatic nitrogens is 1. The van der Waals surface area contributed by atoms with Gasteiger partial charge in [-0.15, -0.1) is 0 Å². The maximum Gasteiger partial charge on any atom is 0.181 e. The van der Waals surface area contributed by atoms with Crippen LogP contribution in [0.25, 0.3) is 11.0 Å². The lowest BCUT2D eigenvalue weighted by Crippen LogP contribution is -1.93. The molecule has 0 fully saturated rings. The molecule has 0 aliphatic heterocycles. The van der Waals surface area contributed by atoms with E-state index < -0.39 is 0 Å². The lowest BCUT2D eigenvalue weighted by molar-refractivity contribution is 0.460. The van der Waals surface area contributed by atoms with Crippen molar-refractivity contribution in [2.75, 3.05) is 11.1 Å². The maximum atomic E-state index is 5.94. The molecule has 2 aromatic carbocycles. The van der Waals surface area contributed by atoms with Crippen molar-refractivity contribution in [1.82, 2.24) is 5.16 Å². The quantitative estimate of drug-likeness (QED) is 0.687. The predicted octanol–water partition coefficient (Wildman–Crippen LogP) is 3.81. The van der Waals surface area contributed by atoms with Gasteiger partial charge in [-0.05, 0) is 30.3 Å². The monoisotopic (exact) mass is 259 g/mol. The molecule has 90 valence electrons. The van der Waals surface area contributed by atoms with Gasteiger partial charge in [0.25, 0.3) is 0 Å². The minimum absolute atomic E-state index is 0.574. The van der Waals surface area contributed by atoms with Gasteiger partial charge in [0.1, 0.15) is 0 Å². The Labute approximate surface area is 108 Å². The first-order valence-electron chi connectivity index (χ1n) is 5.40. The number of nitrogens with one attached hydrogen (secondary N) is 1. The highest BCUT2D eigenvalue weighted by Crippen LogP contribution is 2.28. The van der Waals surface area contributed by atoms with E-state index in [1.165, 1.54) is 0 Å². The largest absolute Gasteiger partial charge is 0.399 e. The van der Waals surface area contributed by atoms with Gasteiger partial charge in [0.15, 0.2) is 11.4 Å². The lowest BCUT2D eigenvalue weighted by Gasteiger charge is -2.04. The second-order valence-electron chi connectivity index (χ2n) is 3.93. The molecule has 1 heterocycles. The maximum absolute atomic E-state index is 5.94. The number of rotatable bonds is 2. The summed E-state index contributed by atoms with van der Waals surface area (Å²) >= 11 is 5.94. The van der Waals surface area contributed by atoms with Gasteiger partial charge in [0.2, 0.25) is 0 Å². The molecule has 3 rings (SSSR count). The molecule has 1 aromatic heterocycles. The lowest BCUT2D eigenvalue weighted by atomic mass is 10.2. The van der Waals surface area contributed by atoms with Crippen molar-refractivity contribution in [2.24, 2.45) is 0 Å². The topological polar surface area (TPSA) is 64.1 Å². The Bertz CT molecular complexity index is 688. The van der Waals surface area contributed by atoms with E-state index in [1.807, 2.05) is 24.3 Å². The van der Waals surface area contributed by atoms with Gasteiger partial charge in [-0.25, -0.2) is 0 Å². The zero-order valence-corrected chi connectivity index (χ0v) is 10.1. The van der Waals surface area contributed by atoms with Crippen molar-refractivity contribution in [3.05, 3.63) is 47.5 Å². The molecular weight excluding hydrogens is 250 g/mol. The molecule has 4 nitrogen and oxygen atoms in total. The molecule has 3 N–H and O–H groups in total. The number of para-hydroxylation sites is 1. The smallest absolute Gasteiger partial charge is 0.181 e. The van der Waals surface area contributed by atoms with Crippen LogP contribution < -0.4 is 11.1 Å². The Balaban J connectivity index is 2.01. The van der Waals surface area contributed by atoms with Crippen LogP contribution in [0.15, 0.2) is 47.0 Å². The molecule has 0 saturated carbocycles. The number of benzene rings is 2. The van der Waals surface area contributed by atoms with Crippen molar-refractivity contribution in [1.29, 1.82) is 0 Å². The molecular formula is C13H10ClN3O. The van der Waals surface area contributed by atoms with Gasteiger partial charge in [-0.1, -0.05) is 28.9 Å². The zero-order chi connectivity index (χ0) is 12.5. The zero-order valence-electron chi connectivity index (χ0n) is 9.35. The number of nitrogens with two attached hydrogens (primary N) is 1. The summed E-state index contributed by atoms with van der Waals surface area (Å²) in [6, 6.07) is 12.9. The highest BCUT2D eigenvalue weighted by molar-refractivity contribution is 6.31. The summed E-state index contributed by atoms with van der Waals surface area (Å²) in [6.07, 6.45) is 0. The summed E-state index contributed by atoms with van der Waals surface area (Å²) in [5.41, 5.74) is 7.84. The molecule has 0 aliphatic carbocycles. The van der Waals surface area contributed by atoms with Crippen LogP contribution in [-0.2, 0) is 0 Å². The van der Waals surface area contributed by atoms with Crippen LogP contribution in [0.4, 0.5) is 17.2 Å². The first-order valence-corrected chi connectivity index (χ1v) is 5.78. The molecule has 0 amide bonds. The molecule has 5 heteroatoms. The van der Waals surface area contributed by atoms with E-state index in [0.29, 0.717) is 16.5 Å². The normalized spacial score (nSPS) is 10.7. The Hall–Kier alpha value is -2.20. The SMILES string of the molecule is Nc1cc(Cl)cc(Nc2noc3ccccc23)c1. The second-order valence-corrected chi connectivity index (χ2v) is 4.36. The number of halogens is 1. The first kappa shape index (κ1) is 10.9. The number of nitrogens with zero attached hydrogens (tertiary/aromatic N) is 1. The Morgan fingerprint density at radius 2 is 2.00 bits per heavy atom. The molecule has 3 aromatic rings. The van der Waals surface area contributed by atoms with Gasteiger partial charge in [0, 0.05) is 16.4 Å². The fourth-order valence-corrected chi connectivity index (χ4v) is 2.04. The number of nitrogen functional groups attached to an aromatic ring is 1. The summed E-state index contributed by atoms with van der Waals surface area (Å²) in [7, 11) is 0. The van der Waals surface area contributed by atoms with E-state index in [9.17, 15) is 0 Å². The summed E-state index contributed by atoms with van der Waals surface area (Å²) in [5, 5.41) is 8.61.